The smallest absolute Gasteiger partial charge is 0.324 e. The average molecular weight is 226 g/mol. The minimum atomic E-state index is -4.30. The van der Waals surface area contributed by atoms with Crippen molar-refractivity contribution in [3.8, 4) is 0 Å². The van der Waals surface area contributed by atoms with Gasteiger partial charge in [-0.1, -0.05) is 24.3 Å². The van der Waals surface area contributed by atoms with E-state index in [0.717, 1.165) is 5.56 Å². The van der Waals surface area contributed by atoms with Crippen molar-refractivity contribution in [2.45, 2.75) is 18.5 Å². The van der Waals surface area contributed by atoms with Crippen LogP contribution in [0.25, 0.3) is 0 Å². The molecule has 0 bridgehead atoms. The third-order valence-corrected chi connectivity index (χ3v) is 3.98. The van der Waals surface area contributed by atoms with E-state index in [4.69, 9.17) is 9.79 Å². The molecular formula is C10H11O4P. The van der Waals surface area contributed by atoms with Crippen LogP contribution in [-0.2, 0) is 11.0 Å². The van der Waals surface area contributed by atoms with E-state index in [-0.39, 0.29) is 6.42 Å². The van der Waals surface area contributed by atoms with E-state index >= 15 is 0 Å². The van der Waals surface area contributed by atoms with Gasteiger partial charge in [0.2, 0.25) is 0 Å². The summed E-state index contributed by atoms with van der Waals surface area (Å²) >= 11 is 0. The van der Waals surface area contributed by atoms with Crippen LogP contribution in [0.3, 0.4) is 0 Å². The van der Waals surface area contributed by atoms with Crippen LogP contribution in [0.5, 0.6) is 0 Å². The molecule has 0 saturated heterocycles. The lowest BCUT2D eigenvalue weighted by Crippen LogP contribution is -2.27. The van der Waals surface area contributed by atoms with Crippen molar-refractivity contribution in [2.24, 2.45) is 0 Å². The van der Waals surface area contributed by atoms with Crippen molar-refractivity contribution >= 4 is 13.4 Å². The lowest BCUT2D eigenvalue weighted by Gasteiger charge is -2.23. The van der Waals surface area contributed by atoms with E-state index in [1.807, 2.05) is 12.1 Å². The molecule has 0 aliphatic heterocycles. The maximum Gasteiger partial charge on any atom is 0.336 e. The molecular weight excluding hydrogens is 215 g/mol. The van der Waals surface area contributed by atoms with Gasteiger partial charge < -0.3 is 9.79 Å². The predicted molar refractivity (Wildman–Crippen MR) is 54.9 cm³/mol. The van der Waals surface area contributed by atoms with Crippen molar-refractivity contribution in [2.75, 3.05) is 0 Å². The van der Waals surface area contributed by atoms with Gasteiger partial charge in [-0.15, -0.1) is 0 Å². The van der Waals surface area contributed by atoms with Gasteiger partial charge in [-0.05, 0) is 18.4 Å². The first-order valence-corrected chi connectivity index (χ1v) is 6.35. The van der Waals surface area contributed by atoms with Crippen molar-refractivity contribution in [3.63, 3.8) is 0 Å². The maximum absolute atomic E-state index is 11.8. The second-order valence-corrected chi connectivity index (χ2v) is 5.47. The fourth-order valence-electron chi connectivity index (χ4n) is 1.90. The molecule has 15 heavy (non-hydrogen) atoms. The molecule has 0 aromatic heterocycles. The lowest BCUT2D eigenvalue weighted by molar-refractivity contribution is 0.0967. The zero-order chi connectivity index (χ0) is 11.1. The van der Waals surface area contributed by atoms with Gasteiger partial charge >= 0.3 is 7.60 Å². The fourth-order valence-corrected chi connectivity index (χ4v) is 2.81. The van der Waals surface area contributed by atoms with Crippen molar-refractivity contribution in [3.05, 3.63) is 35.4 Å². The lowest BCUT2D eigenvalue weighted by atomic mass is 9.90. The Kier molecular flexibility index (Phi) is 2.51. The molecule has 0 heterocycles. The number of aryl methyl sites for hydroxylation is 1. The molecule has 2 N–H and O–H groups in total. The summed E-state index contributed by atoms with van der Waals surface area (Å²) in [5.74, 6) is -0.426. The second-order valence-electron chi connectivity index (χ2n) is 3.66. The number of hydrogen-bond donors (Lipinski definition) is 2. The monoisotopic (exact) mass is 226 g/mol. The average Bonchev–Trinajstić information content (AvgIpc) is 2.16. The van der Waals surface area contributed by atoms with Crippen LogP contribution in [0, 0.1) is 0 Å². The van der Waals surface area contributed by atoms with Crippen LogP contribution >= 0.6 is 7.60 Å². The Balaban J connectivity index is 2.43. The third-order valence-electron chi connectivity index (χ3n) is 2.68. The predicted octanol–water partition coefficient (Wildman–Crippen LogP) is 1.36. The molecule has 5 heteroatoms. The molecule has 0 spiro atoms. The Hall–Kier alpha value is -0.960. The molecule has 0 fully saturated rings. The van der Waals surface area contributed by atoms with Crippen molar-refractivity contribution < 1.29 is 19.1 Å². The summed E-state index contributed by atoms with van der Waals surface area (Å²) in [5.41, 5.74) is 0.191. The van der Waals surface area contributed by atoms with Crippen LogP contribution in [0.15, 0.2) is 24.3 Å². The van der Waals surface area contributed by atoms with E-state index in [2.05, 4.69) is 0 Å². The van der Waals surface area contributed by atoms with E-state index in [9.17, 15) is 9.36 Å². The van der Waals surface area contributed by atoms with Crippen LogP contribution in [0.4, 0.5) is 0 Å². The normalized spacial score (nSPS) is 21.2. The van der Waals surface area contributed by atoms with Crippen molar-refractivity contribution in [1.29, 1.82) is 0 Å². The third kappa shape index (κ3) is 1.88. The molecule has 1 aliphatic rings. The number of ketones is 1. The second kappa shape index (κ2) is 3.56. The SMILES string of the molecule is O=C1c2ccccc2CCC1P(=O)(O)O. The Bertz CT molecular complexity index is 448. The van der Waals surface area contributed by atoms with E-state index in [1.54, 1.807) is 12.1 Å². The molecule has 0 radical (unpaired) electrons. The quantitative estimate of drug-likeness (QED) is 0.709. The zero-order valence-electron chi connectivity index (χ0n) is 7.96. The van der Waals surface area contributed by atoms with Gasteiger partial charge in [0.15, 0.2) is 5.78 Å². The summed E-state index contributed by atoms with van der Waals surface area (Å²) < 4.78 is 11.1. The summed E-state index contributed by atoms with van der Waals surface area (Å²) in [6.45, 7) is 0. The van der Waals surface area contributed by atoms with E-state index < -0.39 is 19.0 Å². The largest absolute Gasteiger partial charge is 0.336 e. The van der Waals surface area contributed by atoms with Gasteiger partial charge in [0, 0.05) is 5.56 Å². The van der Waals surface area contributed by atoms with Gasteiger partial charge in [-0.2, -0.15) is 0 Å². The van der Waals surface area contributed by atoms with Crippen LogP contribution in [0.2, 0.25) is 0 Å². The Morgan fingerprint density at radius 3 is 2.60 bits per heavy atom. The number of benzene rings is 1. The molecule has 2 rings (SSSR count). The number of hydrogen-bond acceptors (Lipinski definition) is 2. The highest BCUT2D eigenvalue weighted by atomic mass is 31.2. The molecule has 1 aromatic carbocycles. The summed E-state index contributed by atoms with van der Waals surface area (Å²) in [7, 11) is -4.30. The molecule has 1 unspecified atom stereocenters. The topological polar surface area (TPSA) is 74.6 Å². The van der Waals surface area contributed by atoms with Crippen molar-refractivity contribution in [1.82, 2.24) is 0 Å². The van der Waals surface area contributed by atoms with Gasteiger partial charge in [0.1, 0.15) is 5.66 Å². The number of Topliss-reactive ketones (excluding diaryl/α,β-unsaturated/α-hetero) is 1. The van der Waals surface area contributed by atoms with Gasteiger partial charge in [0.25, 0.3) is 0 Å². The van der Waals surface area contributed by atoms with Crippen LogP contribution < -0.4 is 0 Å². The summed E-state index contributed by atoms with van der Waals surface area (Å²) in [6, 6.07) is 6.98. The van der Waals surface area contributed by atoms with Crippen LogP contribution in [-0.4, -0.2) is 21.2 Å². The van der Waals surface area contributed by atoms with Crippen LogP contribution in [0.1, 0.15) is 22.3 Å². The Labute approximate surface area is 87.1 Å². The molecule has 1 atom stereocenters. The molecule has 80 valence electrons. The first kappa shape index (κ1) is 10.6. The fraction of sp³-hybridized carbons (Fsp3) is 0.300. The minimum absolute atomic E-state index is 0.236. The minimum Gasteiger partial charge on any atom is -0.324 e. The molecule has 1 aliphatic carbocycles. The summed E-state index contributed by atoms with van der Waals surface area (Å²) in [6.07, 6.45) is 0.789. The summed E-state index contributed by atoms with van der Waals surface area (Å²) in [4.78, 5) is 29.8. The molecule has 0 saturated carbocycles. The number of carbonyl (C=O) groups excluding carboxylic acids is 1. The first-order chi connectivity index (χ1) is 7.00. The van der Waals surface area contributed by atoms with E-state index in [1.165, 1.54) is 0 Å². The maximum atomic E-state index is 11.8. The number of rotatable bonds is 1. The van der Waals surface area contributed by atoms with Gasteiger partial charge in [-0.25, -0.2) is 0 Å². The number of fused-ring (bicyclic) bond motifs is 1. The zero-order valence-corrected chi connectivity index (χ0v) is 8.85. The Morgan fingerprint density at radius 2 is 1.93 bits per heavy atom. The highest BCUT2D eigenvalue weighted by molar-refractivity contribution is 7.53. The van der Waals surface area contributed by atoms with Gasteiger partial charge in [-0.3, -0.25) is 9.36 Å². The Morgan fingerprint density at radius 1 is 1.27 bits per heavy atom. The molecule has 0 amide bonds. The van der Waals surface area contributed by atoms with Gasteiger partial charge in [0.05, 0.1) is 0 Å². The summed E-state index contributed by atoms with van der Waals surface area (Å²) in [5, 5.41) is 0. The van der Waals surface area contributed by atoms with E-state index in [0.29, 0.717) is 12.0 Å². The molecule has 4 nitrogen and oxygen atoms in total. The first-order valence-electron chi connectivity index (χ1n) is 4.67. The standard InChI is InChI=1S/C10H11O4P/c11-10-8-4-2-1-3-7(8)5-6-9(10)15(12,13)14/h1-4,9H,5-6H2,(H2,12,13,14). The number of carbonyl (C=O) groups is 1. The highest BCUT2D eigenvalue weighted by Gasteiger charge is 2.39. The highest BCUT2D eigenvalue weighted by Crippen LogP contribution is 2.46. The molecule has 1 aromatic rings.